The Balaban J connectivity index is 1.98. The van der Waals surface area contributed by atoms with Crippen LogP contribution in [0.25, 0.3) is 10.2 Å². The van der Waals surface area contributed by atoms with Gasteiger partial charge in [-0.1, -0.05) is 39.0 Å². The van der Waals surface area contributed by atoms with E-state index in [0.29, 0.717) is 47.3 Å². The summed E-state index contributed by atoms with van der Waals surface area (Å²) in [5.41, 5.74) is 1.02. The summed E-state index contributed by atoms with van der Waals surface area (Å²) in [6.07, 6.45) is 0.731. The van der Waals surface area contributed by atoms with E-state index in [-0.39, 0.29) is 22.6 Å². The molecule has 0 unspecified atom stereocenters. The summed E-state index contributed by atoms with van der Waals surface area (Å²) in [4.78, 5) is 22.5. The van der Waals surface area contributed by atoms with Gasteiger partial charge in [0.15, 0.2) is 5.13 Å². The standard InChI is InChI=1S/C29H42N4O5S2/c1-20(2)18-32(19-21(3)4)40(35,36)23-12-10-22(11-13-23)28(34)33(17-9-16-31(5)6)29-30-26-24(37-7)14-15-25(38-8)27(26)39-29/h10-15,20-21H,9,16-19H2,1-8H3. The molecule has 2 aromatic carbocycles. The first kappa shape index (κ1) is 31.8. The molecule has 0 aliphatic carbocycles. The third-order valence-corrected chi connectivity index (χ3v) is 9.18. The van der Waals surface area contributed by atoms with E-state index in [9.17, 15) is 13.2 Å². The highest BCUT2D eigenvalue weighted by Gasteiger charge is 2.28. The molecule has 1 heterocycles. The molecule has 1 amide bonds. The Kier molecular flexibility index (Phi) is 10.9. The molecule has 0 saturated carbocycles. The number of methoxy groups -OCH3 is 2. The maximum absolute atomic E-state index is 13.8. The molecule has 1 aromatic heterocycles. The van der Waals surface area contributed by atoms with E-state index in [1.807, 2.05) is 47.9 Å². The topological polar surface area (TPSA) is 92.3 Å². The van der Waals surface area contributed by atoms with Crippen molar-refractivity contribution in [3.05, 3.63) is 42.0 Å². The number of anilines is 1. The van der Waals surface area contributed by atoms with Crippen LogP contribution < -0.4 is 14.4 Å². The normalized spacial score (nSPS) is 12.2. The van der Waals surface area contributed by atoms with Gasteiger partial charge in [-0.05, 0) is 75.3 Å². The SMILES string of the molecule is COc1ccc(OC)c2sc(N(CCCN(C)C)C(=O)c3ccc(S(=O)(=O)N(CC(C)C)CC(C)C)cc3)nc12. The van der Waals surface area contributed by atoms with Gasteiger partial charge in [0.2, 0.25) is 10.0 Å². The highest BCUT2D eigenvalue weighted by Crippen LogP contribution is 2.40. The zero-order valence-electron chi connectivity index (χ0n) is 24.8. The van der Waals surface area contributed by atoms with Gasteiger partial charge in [-0.25, -0.2) is 13.4 Å². The van der Waals surface area contributed by atoms with Gasteiger partial charge in [0.05, 0.1) is 19.1 Å². The fourth-order valence-corrected chi connectivity index (χ4v) is 7.24. The number of hydrogen-bond acceptors (Lipinski definition) is 8. The maximum atomic E-state index is 13.8. The molecule has 0 aliphatic heterocycles. The lowest BCUT2D eigenvalue weighted by atomic mass is 10.2. The summed E-state index contributed by atoms with van der Waals surface area (Å²) in [6, 6.07) is 9.85. The second kappa shape index (κ2) is 13.8. The van der Waals surface area contributed by atoms with Crippen molar-refractivity contribution in [2.24, 2.45) is 11.8 Å². The Morgan fingerprint density at radius 3 is 2.00 bits per heavy atom. The first-order chi connectivity index (χ1) is 18.9. The number of fused-ring (bicyclic) bond motifs is 1. The lowest BCUT2D eigenvalue weighted by Gasteiger charge is -2.26. The average Bonchev–Trinajstić information content (AvgIpc) is 3.34. The lowest BCUT2D eigenvalue weighted by Crippen LogP contribution is -2.37. The molecule has 0 saturated heterocycles. The minimum absolute atomic E-state index is 0.180. The molecule has 3 aromatic rings. The molecule has 0 aliphatic rings. The molecule has 9 nitrogen and oxygen atoms in total. The van der Waals surface area contributed by atoms with Crippen LogP contribution in [0.3, 0.4) is 0 Å². The number of benzene rings is 2. The van der Waals surface area contributed by atoms with Gasteiger partial charge < -0.3 is 14.4 Å². The van der Waals surface area contributed by atoms with Crippen molar-refractivity contribution in [3.8, 4) is 11.5 Å². The Hall–Kier alpha value is -2.73. The van der Waals surface area contributed by atoms with Gasteiger partial charge >= 0.3 is 0 Å². The number of carbonyl (C=O) groups is 1. The van der Waals surface area contributed by atoms with Gasteiger partial charge in [-0.3, -0.25) is 9.69 Å². The van der Waals surface area contributed by atoms with E-state index in [2.05, 4.69) is 4.90 Å². The Morgan fingerprint density at radius 1 is 0.900 bits per heavy atom. The van der Waals surface area contributed by atoms with Crippen LogP contribution >= 0.6 is 11.3 Å². The second-order valence-corrected chi connectivity index (χ2v) is 13.8. The van der Waals surface area contributed by atoms with E-state index in [4.69, 9.17) is 14.5 Å². The zero-order chi connectivity index (χ0) is 29.6. The highest BCUT2D eigenvalue weighted by molar-refractivity contribution is 7.89. The predicted octanol–water partition coefficient (Wildman–Crippen LogP) is 5.21. The van der Waals surface area contributed by atoms with Gasteiger partial charge in [-0.2, -0.15) is 4.31 Å². The number of nitrogens with zero attached hydrogens (tertiary/aromatic N) is 4. The summed E-state index contributed by atoms with van der Waals surface area (Å²) in [7, 11) is 3.46. The molecule has 0 radical (unpaired) electrons. The monoisotopic (exact) mass is 590 g/mol. The van der Waals surface area contributed by atoms with Crippen LogP contribution in [0.5, 0.6) is 11.5 Å². The molecule has 40 heavy (non-hydrogen) atoms. The minimum atomic E-state index is -3.70. The Morgan fingerprint density at radius 2 is 1.48 bits per heavy atom. The molecule has 0 N–H and O–H groups in total. The van der Waals surface area contributed by atoms with E-state index < -0.39 is 10.0 Å². The van der Waals surface area contributed by atoms with Gasteiger partial charge in [0.25, 0.3) is 5.91 Å². The van der Waals surface area contributed by atoms with Crippen LogP contribution in [0.2, 0.25) is 0 Å². The van der Waals surface area contributed by atoms with Crippen molar-refractivity contribution in [1.82, 2.24) is 14.2 Å². The van der Waals surface area contributed by atoms with E-state index in [1.165, 1.54) is 27.8 Å². The van der Waals surface area contributed by atoms with E-state index in [1.54, 1.807) is 37.3 Å². The summed E-state index contributed by atoms with van der Waals surface area (Å²) in [5.74, 6) is 1.39. The zero-order valence-corrected chi connectivity index (χ0v) is 26.4. The number of ether oxygens (including phenoxy) is 2. The van der Waals surface area contributed by atoms with Crippen molar-refractivity contribution >= 4 is 42.6 Å². The summed E-state index contributed by atoms with van der Waals surface area (Å²) >= 11 is 1.36. The fourth-order valence-electron chi connectivity index (χ4n) is 4.38. The summed E-state index contributed by atoms with van der Waals surface area (Å²) in [6.45, 7) is 10.1. The first-order valence-corrected chi connectivity index (χ1v) is 15.7. The van der Waals surface area contributed by atoms with Crippen LogP contribution in [-0.2, 0) is 10.0 Å². The maximum Gasteiger partial charge on any atom is 0.260 e. The molecular weight excluding hydrogens is 548 g/mol. The predicted molar refractivity (Wildman–Crippen MR) is 162 cm³/mol. The Labute approximate surface area is 242 Å². The van der Waals surface area contributed by atoms with Gasteiger partial charge in [-0.15, -0.1) is 0 Å². The molecule has 0 bridgehead atoms. The smallest absolute Gasteiger partial charge is 0.260 e. The molecule has 220 valence electrons. The van der Waals surface area contributed by atoms with Crippen LogP contribution in [0.1, 0.15) is 44.5 Å². The van der Waals surface area contributed by atoms with Crippen LogP contribution in [-0.4, -0.2) is 83.0 Å². The van der Waals surface area contributed by atoms with Crippen molar-refractivity contribution in [2.75, 3.05) is 59.4 Å². The molecule has 0 spiro atoms. The number of hydrogen-bond donors (Lipinski definition) is 0. The van der Waals surface area contributed by atoms with Gasteiger partial charge in [0.1, 0.15) is 21.7 Å². The van der Waals surface area contributed by atoms with Crippen LogP contribution in [0.4, 0.5) is 5.13 Å². The summed E-state index contributed by atoms with van der Waals surface area (Å²) < 4.78 is 40.3. The molecule has 3 rings (SSSR count). The van der Waals surface area contributed by atoms with Crippen LogP contribution in [0.15, 0.2) is 41.3 Å². The fraction of sp³-hybridized carbons (Fsp3) is 0.517. The van der Waals surface area contributed by atoms with Gasteiger partial charge in [0, 0.05) is 25.2 Å². The number of thiazole rings is 1. The largest absolute Gasteiger partial charge is 0.495 e. The molecule has 0 fully saturated rings. The third-order valence-electron chi connectivity index (χ3n) is 6.24. The number of amides is 1. The molecule has 11 heteroatoms. The van der Waals surface area contributed by atoms with E-state index in [0.717, 1.165) is 17.7 Å². The quantitative estimate of drug-likeness (QED) is 0.254. The Bertz CT molecular complexity index is 1330. The number of aromatic nitrogens is 1. The first-order valence-electron chi connectivity index (χ1n) is 13.5. The summed E-state index contributed by atoms with van der Waals surface area (Å²) in [5, 5.41) is 0.526. The van der Waals surface area contributed by atoms with Crippen molar-refractivity contribution in [2.45, 2.75) is 39.0 Å². The molecular formula is C29H42N4O5S2. The molecule has 0 atom stereocenters. The highest BCUT2D eigenvalue weighted by atomic mass is 32.2. The van der Waals surface area contributed by atoms with Crippen molar-refractivity contribution in [1.29, 1.82) is 0 Å². The van der Waals surface area contributed by atoms with E-state index >= 15 is 0 Å². The number of sulfonamides is 1. The number of carbonyl (C=O) groups excluding carboxylic acids is 1. The third kappa shape index (κ3) is 7.51. The second-order valence-electron chi connectivity index (χ2n) is 10.9. The average molecular weight is 591 g/mol. The van der Waals surface area contributed by atoms with Crippen molar-refractivity contribution < 1.29 is 22.7 Å². The number of rotatable bonds is 14. The van der Waals surface area contributed by atoms with Crippen LogP contribution in [0, 0.1) is 11.8 Å². The van der Waals surface area contributed by atoms with Crippen molar-refractivity contribution in [3.63, 3.8) is 0 Å². The minimum Gasteiger partial charge on any atom is -0.495 e. The lowest BCUT2D eigenvalue weighted by molar-refractivity contribution is 0.0986.